The zero-order chi connectivity index (χ0) is 12.7. The molecule has 1 aromatic rings. The Kier molecular flexibility index (Phi) is 3.53. The van der Waals surface area contributed by atoms with Gasteiger partial charge in [-0.05, 0) is 0 Å². The van der Waals surface area contributed by atoms with Crippen molar-refractivity contribution in [3.63, 3.8) is 0 Å². The summed E-state index contributed by atoms with van der Waals surface area (Å²) in [5.41, 5.74) is 0. The highest BCUT2D eigenvalue weighted by Gasteiger charge is 2.29. The summed E-state index contributed by atoms with van der Waals surface area (Å²) in [4.78, 5) is 17.1. The van der Waals surface area contributed by atoms with Crippen LogP contribution in [0.3, 0.4) is 0 Å². The van der Waals surface area contributed by atoms with E-state index in [4.69, 9.17) is 9.79 Å². The van der Waals surface area contributed by atoms with Crippen molar-refractivity contribution in [2.75, 3.05) is 0 Å². The van der Waals surface area contributed by atoms with E-state index in [0.717, 1.165) is 0 Å². The Morgan fingerprint density at radius 1 is 0.812 bits per heavy atom. The molecular formula is C6H2F5O3PS. The van der Waals surface area contributed by atoms with Gasteiger partial charge in [0.2, 0.25) is 34.8 Å². The second kappa shape index (κ2) is 4.25. The molecule has 0 saturated heterocycles. The molecule has 0 aliphatic rings. The molecule has 0 aromatic heterocycles. The Balaban J connectivity index is 3.46. The van der Waals surface area contributed by atoms with Gasteiger partial charge in [-0.1, -0.05) is 0 Å². The van der Waals surface area contributed by atoms with E-state index in [1.807, 2.05) is 0 Å². The minimum Gasteiger partial charge on any atom is -0.418 e. The average Bonchev–Trinajstić information content (AvgIpc) is 2.17. The number of rotatable bonds is 2. The summed E-state index contributed by atoms with van der Waals surface area (Å²) in [7, 11) is 0. The SMILES string of the molecule is OP(O)(=S)Oc1c(F)c(F)c(F)c(F)c1F. The Hall–Kier alpha value is -0.760. The summed E-state index contributed by atoms with van der Waals surface area (Å²) in [6.45, 7) is -4.60. The van der Waals surface area contributed by atoms with Crippen molar-refractivity contribution in [2.45, 2.75) is 0 Å². The lowest BCUT2D eigenvalue weighted by atomic mass is 10.3. The van der Waals surface area contributed by atoms with Gasteiger partial charge in [-0.15, -0.1) is 0 Å². The quantitative estimate of drug-likeness (QED) is 0.376. The van der Waals surface area contributed by atoms with Gasteiger partial charge in [-0.2, -0.15) is 8.78 Å². The zero-order valence-electron chi connectivity index (χ0n) is 7.05. The molecule has 0 unspecified atom stereocenters. The maximum atomic E-state index is 12.8. The van der Waals surface area contributed by atoms with Crippen molar-refractivity contribution in [1.82, 2.24) is 0 Å². The van der Waals surface area contributed by atoms with Crippen LogP contribution in [0.2, 0.25) is 0 Å². The molecule has 10 heteroatoms. The van der Waals surface area contributed by atoms with Crippen molar-refractivity contribution < 1.29 is 36.3 Å². The van der Waals surface area contributed by atoms with Crippen LogP contribution in [-0.2, 0) is 11.8 Å². The number of hydrogen-bond donors (Lipinski definition) is 2. The molecule has 1 aromatic carbocycles. The van der Waals surface area contributed by atoms with E-state index >= 15 is 0 Å². The largest absolute Gasteiger partial charge is 0.418 e. The molecule has 0 heterocycles. The number of hydrogen-bond acceptors (Lipinski definition) is 2. The van der Waals surface area contributed by atoms with E-state index in [9.17, 15) is 22.0 Å². The highest BCUT2D eigenvalue weighted by atomic mass is 32.5. The third-order valence-electron chi connectivity index (χ3n) is 1.38. The molecule has 3 nitrogen and oxygen atoms in total. The minimum absolute atomic E-state index is 1.82. The highest BCUT2D eigenvalue weighted by molar-refractivity contribution is 8.06. The van der Waals surface area contributed by atoms with Crippen LogP contribution in [0.4, 0.5) is 22.0 Å². The first kappa shape index (κ1) is 13.3. The number of benzene rings is 1. The Labute approximate surface area is 90.3 Å². The second-order valence-corrected chi connectivity index (χ2v) is 5.07. The number of halogens is 5. The minimum atomic E-state index is -4.60. The maximum absolute atomic E-state index is 12.8. The summed E-state index contributed by atoms with van der Waals surface area (Å²) in [5.74, 6) is -13.4. The van der Waals surface area contributed by atoms with Gasteiger partial charge >= 0.3 is 6.72 Å². The van der Waals surface area contributed by atoms with E-state index in [1.54, 1.807) is 0 Å². The summed E-state index contributed by atoms with van der Waals surface area (Å²) < 4.78 is 67.0. The predicted octanol–water partition coefficient (Wildman–Crippen LogP) is 1.97. The first-order chi connectivity index (χ1) is 7.15. The van der Waals surface area contributed by atoms with Crippen LogP contribution in [0, 0.1) is 29.1 Å². The average molecular weight is 280 g/mol. The molecule has 90 valence electrons. The molecule has 0 aliphatic carbocycles. The first-order valence-corrected chi connectivity index (χ1v) is 6.04. The molecule has 0 saturated carbocycles. The third kappa shape index (κ3) is 2.49. The van der Waals surface area contributed by atoms with E-state index in [-0.39, 0.29) is 0 Å². The lowest BCUT2D eigenvalue weighted by molar-refractivity contribution is 0.318. The van der Waals surface area contributed by atoms with Crippen LogP contribution in [0.15, 0.2) is 0 Å². The molecule has 0 spiro atoms. The zero-order valence-corrected chi connectivity index (χ0v) is 8.76. The molecule has 0 aliphatic heterocycles. The molecule has 0 amide bonds. The normalized spacial score (nSPS) is 11.7. The van der Waals surface area contributed by atoms with Gasteiger partial charge in [0.1, 0.15) is 0 Å². The van der Waals surface area contributed by atoms with Crippen molar-refractivity contribution in [3.05, 3.63) is 29.1 Å². The van der Waals surface area contributed by atoms with Crippen LogP contribution < -0.4 is 4.52 Å². The van der Waals surface area contributed by atoms with Gasteiger partial charge < -0.3 is 14.3 Å². The fourth-order valence-electron chi connectivity index (χ4n) is 0.784. The lowest BCUT2D eigenvalue weighted by Crippen LogP contribution is -2.05. The van der Waals surface area contributed by atoms with Gasteiger partial charge in [0.05, 0.1) is 0 Å². The van der Waals surface area contributed by atoms with Gasteiger partial charge in [-0.25, -0.2) is 13.2 Å². The second-order valence-electron chi connectivity index (χ2n) is 2.48. The van der Waals surface area contributed by atoms with E-state index in [0.29, 0.717) is 0 Å². The topological polar surface area (TPSA) is 49.7 Å². The molecule has 0 fully saturated rings. The lowest BCUT2D eigenvalue weighted by Gasteiger charge is -2.12. The van der Waals surface area contributed by atoms with Crippen LogP contribution >= 0.6 is 6.72 Å². The van der Waals surface area contributed by atoms with Gasteiger partial charge in [0.15, 0.2) is 0 Å². The molecule has 16 heavy (non-hydrogen) atoms. The predicted molar refractivity (Wildman–Crippen MR) is 45.6 cm³/mol. The standard InChI is InChI=1S/C6H2F5O3PS/c7-1-2(8)4(10)6(5(11)3(1)9)14-15(12,13)16/h(H2,12,13,16). The Bertz CT molecular complexity index is 459. The van der Waals surface area contributed by atoms with Crippen molar-refractivity contribution in [3.8, 4) is 5.75 Å². The van der Waals surface area contributed by atoms with E-state index in [1.165, 1.54) is 0 Å². The van der Waals surface area contributed by atoms with Crippen molar-refractivity contribution in [2.24, 2.45) is 0 Å². The van der Waals surface area contributed by atoms with Gasteiger partial charge in [0, 0.05) is 11.8 Å². The molecule has 1 rings (SSSR count). The molecule has 0 radical (unpaired) electrons. The Morgan fingerprint density at radius 3 is 1.44 bits per heavy atom. The molecular weight excluding hydrogens is 278 g/mol. The summed E-state index contributed by atoms with van der Waals surface area (Å²) >= 11 is 3.83. The van der Waals surface area contributed by atoms with E-state index in [2.05, 4.69) is 16.3 Å². The fraction of sp³-hybridized carbons (Fsp3) is 0. The third-order valence-corrected chi connectivity index (χ3v) is 2.02. The van der Waals surface area contributed by atoms with Crippen LogP contribution in [0.1, 0.15) is 0 Å². The monoisotopic (exact) mass is 280 g/mol. The Morgan fingerprint density at radius 2 is 1.12 bits per heavy atom. The highest BCUT2D eigenvalue weighted by Crippen LogP contribution is 2.41. The summed E-state index contributed by atoms with van der Waals surface area (Å²) in [5, 5.41) is 0. The van der Waals surface area contributed by atoms with Gasteiger partial charge in [-0.3, -0.25) is 0 Å². The van der Waals surface area contributed by atoms with Crippen LogP contribution in [0.5, 0.6) is 5.75 Å². The summed E-state index contributed by atoms with van der Waals surface area (Å²) in [6, 6.07) is 0. The van der Waals surface area contributed by atoms with Gasteiger partial charge in [0.25, 0.3) is 0 Å². The van der Waals surface area contributed by atoms with Crippen molar-refractivity contribution >= 4 is 18.5 Å². The van der Waals surface area contributed by atoms with E-state index < -0.39 is 41.6 Å². The van der Waals surface area contributed by atoms with Crippen LogP contribution in [0.25, 0.3) is 0 Å². The summed E-state index contributed by atoms with van der Waals surface area (Å²) in [6.07, 6.45) is 0. The molecule has 0 bridgehead atoms. The smallest absolute Gasteiger partial charge is 0.375 e. The first-order valence-electron chi connectivity index (χ1n) is 3.41. The molecule has 2 N–H and O–H groups in total. The van der Waals surface area contributed by atoms with Crippen LogP contribution in [-0.4, -0.2) is 9.79 Å². The van der Waals surface area contributed by atoms with Crippen molar-refractivity contribution in [1.29, 1.82) is 0 Å². The fourth-order valence-corrected chi connectivity index (χ4v) is 1.41. The molecule has 0 atom stereocenters. The maximum Gasteiger partial charge on any atom is 0.375 e.